The summed E-state index contributed by atoms with van der Waals surface area (Å²) in [6.07, 6.45) is 6.93. The van der Waals surface area contributed by atoms with Gasteiger partial charge in [-0.2, -0.15) is 4.98 Å². The Morgan fingerprint density at radius 2 is 1.83 bits per heavy atom. The topological polar surface area (TPSA) is 62.5 Å². The lowest BCUT2D eigenvalue weighted by molar-refractivity contribution is 0.0506. The molecule has 2 aliphatic rings. The van der Waals surface area contributed by atoms with E-state index in [4.69, 9.17) is 4.52 Å². The molecule has 6 nitrogen and oxygen atoms in total. The van der Waals surface area contributed by atoms with Crippen LogP contribution in [0.4, 0.5) is 0 Å². The zero-order valence-corrected chi connectivity index (χ0v) is 18.3. The van der Waals surface area contributed by atoms with Gasteiger partial charge in [0.25, 0.3) is 5.91 Å². The summed E-state index contributed by atoms with van der Waals surface area (Å²) < 4.78 is 5.43. The number of hydrogen-bond donors (Lipinski definition) is 0. The maximum Gasteiger partial charge on any atom is 0.254 e. The van der Waals surface area contributed by atoms with Gasteiger partial charge in [0.1, 0.15) is 0 Å². The summed E-state index contributed by atoms with van der Waals surface area (Å²) in [6.45, 7) is 7.81. The van der Waals surface area contributed by atoms with Gasteiger partial charge in [-0.05, 0) is 56.8 Å². The van der Waals surface area contributed by atoms with E-state index in [2.05, 4.69) is 33.8 Å². The molecule has 162 valence electrons. The third-order valence-electron chi connectivity index (χ3n) is 6.62. The molecule has 1 unspecified atom stereocenters. The van der Waals surface area contributed by atoms with E-state index in [-0.39, 0.29) is 11.8 Å². The van der Waals surface area contributed by atoms with Crippen molar-refractivity contribution >= 4 is 5.91 Å². The molecule has 0 saturated carbocycles. The lowest BCUT2D eigenvalue weighted by Gasteiger charge is -2.40. The molecule has 4 rings (SSSR count). The van der Waals surface area contributed by atoms with Crippen LogP contribution in [0.2, 0.25) is 0 Å². The zero-order valence-electron chi connectivity index (χ0n) is 18.3. The van der Waals surface area contributed by atoms with Gasteiger partial charge < -0.3 is 9.42 Å². The first-order chi connectivity index (χ1) is 14.6. The Labute approximate surface area is 179 Å². The van der Waals surface area contributed by atoms with E-state index in [9.17, 15) is 4.79 Å². The molecular formula is C24H34N4O2. The Morgan fingerprint density at radius 3 is 2.53 bits per heavy atom. The van der Waals surface area contributed by atoms with Crippen LogP contribution >= 0.6 is 0 Å². The fourth-order valence-electron chi connectivity index (χ4n) is 4.88. The van der Waals surface area contributed by atoms with Gasteiger partial charge in [-0.3, -0.25) is 9.69 Å². The number of aromatic nitrogens is 2. The van der Waals surface area contributed by atoms with Gasteiger partial charge >= 0.3 is 0 Å². The molecule has 1 aromatic heterocycles. The van der Waals surface area contributed by atoms with Crippen LogP contribution in [-0.4, -0.2) is 51.5 Å². The van der Waals surface area contributed by atoms with Crippen molar-refractivity contribution in [1.82, 2.24) is 19.9 Å². The fraction of sp³-hybridized carbons (Fsp3) is 0.625. The molecule has 30 heavy (non-hydrogen) atoms. The quantitative estimate of drug-likeness (QED) is 0.727. The summed E-state index contributed by atoms with van der Waals surface area (Å²) in [5.74, 6) is 2.57. The predicted octanol–water partition coefficient (Wildman–Crippen LogP) is 4.49. The van der Waals surface area contributed by atoms with Crippen LogP contribution in [-0.2, 0) is 6.54 Å². The lowest BCUT2D eigenvalue weighted by atomic mass is 9.86. The number of carbonyl (C=O) groups is 1. The Kier molecular flexibility index (Phi) is 6.82. The highest BCUT2D eigenvalue weighted by Crippen LogP contribution is 2.31. The molecule has 1 aromatic carbocycles. The summed E-state index contributed by atoms with van der Waals surface area (Å²) in [5.41, 5.74) is 0.819. The van der Waals surface area contributed by atoms with Crippen molar-refractivity contribution in [1.29, 1.82) is 0 Å². The standard InChI is InChI=1S/C24H34N4O2/c1-18(2)23-25-22(30-26-23)17-27-15-12-19(13-16-27)21-11-7-4-8-14-28(21)24(29)20-9-5-3-6-10-20/h3,5-6,9-10,18-19,21H,4,7-8,11-17H2,1-2H3. The van der Waals surface area contributed by atoms with E-state index in [1.165, 1.54) is 12.8 Å². The van der Waals surface area contributed by atoms with Crippen LogP contribution in [0.1, 0.15) is 80.4 Å². The van der Waals surface area contributed by atoms with Crippen molar-refractivity contribution in [2.45, 2.75) is 70.9 Å². The third kappa shape index (κ3) is 4.91. The number of hydrogen-bond acceptors (Lipinski definition) is 5. The minimum atomic E-state index is 0.206. The smallest absolute Gasteiger partial charge is 0.254 e. The molecule has 2 aromatic rings. The van der Waals surface area contributed by atoms with E-state index in [0.29, 0.717) is 17.9 Å². The predicted molar refractivity (Wildman–Crippen MR) is 116 cm³/mol. The molecule has 0 bridgehead atoms. The Bertz CT molecular complexity index is 812. The molecule has 2 aliphatic heterocycles. The first-order valence-corrected chi connectivity index (χ1v) is 11.5. The molecular weight excluding hydrogens is 376 g/mol. The highest BCUT2D eigenvalue weighted by molar-refractivity contribution is 5.94. The van der Waals surface area contributed by atoms with Crippen LogP contribution in [0, 0.1) is 5.92 Å². The van der Waals surface area contributed by atoms with Crippen molar-refractivity contribution in [3.63, 3.8) is 0 Å². The summed E-state index contributed by atoms with van der Waals surface area (Å²) in [5, 5.41) is 4.08. The molecule has 2 fully saturated rings. The van der Waals surface area contributed by atoms with Crippen LogP contribution < -0.4 is 0 Å². The fourth-order valence-corrected chi connectivity index (χ4v) is 4.88. The van der Waals surface area contributed by atoms with E-state index in [1.807, 2.05) is 30.3 Å². The molecule has 3 heterocycles. The van der Waals surface area contributed by atoms with Crippen molar-refractivity contribution in [3.05, 3.63) is 47.6 Å². The highest BCUT2D eigenvalue weighted by atomic mass is 16.5. The summed E-state index contributed by atoms with van der Waals surface area (Å²) in [7, 11) is 0. The third-order valence-corrected chi connectivity index (χ3v) is 6.62. The summed E-state index contributed by atoms with van der Waals surface area (Å²) in [4.78, 5) is 22.4. The van der Waals surface area contributed by atoms with Gasteiger partial charge in [0.05, 0.1) is 6.54 Å². The van der Waals surface area contributed by atoms with Crippen molar-refractivity contribution in [2.24, 2.45) is 5.92 Å². The highest BCUT2D eigenvalue weighted by Gasteiger charge is 2.34. The van der Waals surface area contributed by atoms with E-state index in [1.54, 1.807) is 0 Å². The van der Waals surface area contributed by atoms with Gasteiger partial charge in [-0.25, -0.2) is 0 Å². The first kappa shape index (κ1) is 21.0. The van der Waals surface area contributed by atoms with Crippen LogP contribution in [0.15, 0.2) is 34.9 Å². The van der Waals surface area contributed by atoms with Gasteiger partial charge in [-0.15, -0.1) is 0 Å². The SMILES string of the molecule is CC(C)c1noc(CN2CCC(C3CCCCCN3C(=O)c3ccccc3)CC2)n1. The second-order valence-corrected chi connectivity index (χ2v) is 9.10. The molecule has 2 saturated heterocycles. The number of likely N-dealkylation sites (tertiary alicyclic amines) is 2. The van der Waals surface area contributed by atoms with Gasteiger partial charge in [0.2, 0.25) is 5.89 Å². The zero-order chi connectivity index (χ0) is 20.9. The Balaban J connectivity index is 1.38. The van der Waals surface area contributed by atoms with Gasteiger partial charge in [0, 0.05) is 24.1 Å². The van der Waals surface area contributed by atoms with Crippen molar-refractivity contribution in [3.8, 4) is 0 Å². The minimum Gasteiger partial charge on any atom is -0.338 e. The van der Waals surface area contributed by atoms with E-state index < -0.39 is 0 Å². The van der Waals surface area contributed by atoms with Crippen LogP contribution in [0.25, 0.3) is 0 Å². The number of nitrogens with zero attached hydrogens (tertiary/aromatic N) is 4. The van der Waals surface area contributed by atoms with Crippen molar-refractivity contribution < 1.29 is 9.32 Å². The second kappa shape index (κ2) is 9.73. The van der Waals surface area contributed by atoms with Crippen molar-refractivity contribution in [2.75, 3.05) is 19.6 Å². The Hall–Kier alpha value is -2.21. The molecule has 1 atom stereocenters. The number of amides is 1. The van der Waals surface area contributed by atoms with E-state index in [0.717, 1.165) is 63.3 Å². The maximum atomic E-state index is 13.3. The maximum absolute atomic E-state index is 13.3. The van der Waals surface area contributed by atoms with E-state index >= 15 is 0 Å². The second-order valence-electron chi connectivity index (χ2n) is 9.10. The van der Waals surface area contributed by atoms with Crippen LogP contribution in [0.3, 0.4) is 0 Å². The molecule has 0 spiro atoms. The molecule has 0 N–H and O–H groups in total. The molecule has 0 aliphatic carbocycles. The number of piperidine rings is 1. The Morgan fingerprint density at radius 1 is 1.07 bits per heavy atom. The lowest BCUT2D eigenvalue weighted by Crippen LogP contribution is -2.47. The average Bonchev–Trinajstić information content (AvgIpc) is 3.10. The van der Waals surface area contributed by atoms with Gasteiger partial charge in [0.15, 0.2) is 5.82 Å². The van der Waals surface area contributed by atoms with Crippen LogP contribution in [0.5, 0.6) is 0 Å². The molecule has 1 amide bonds. The minimum absolute atomic E-state index is 0.206. The van der Waals surface area contributed by atoms with Gasteiger partial charge in [-0.1, -0.05) is 50.0 Å². The summed E-state index contributed by atoms with van der Waals surface area (Å²) >= 11 is 0. The average molecular weight is 411 g/mol. The number of benzene rings is 1. The molecule has 0 radical (unpaired) electrons. The molecule has 6 heteroatoms. The number of carbonyl (C=O) groups excluding carboxylic acids is 1. The summed E-state index contributed by atoms with van der Waals surface area (Å²) in [6, 6.07) is 10.1. The number of rotatable bonds is 5. The monoisotopic (exact) mass is 410 g/mol. The largest absolute Gasteiger partial charge is 0.338 e. The first-order valence-electron chi connectivity index (χ1n) is 11.5. The normalized spacial score (nSPS) is 21.7.